The zero-order valence-electron chi connectivity index (χ0n) is 15.7. The third-order valence-corrected chi connectivity index (χ3v) is 4.54. The van der Waals surface area contributed by atoms with E-state index in [4.69, 9.17) is 0 Å². The lowest BCUT2D eigenvalue weighted by Crippen LogP contribution is -2.20. The lowest BCUT2D eigenvalue weighted by Gasteiger charge is -2.21. The van der Waals surface area contributed by atoms with E-state index in [9.17, 15) is 0 Å². The van der Waals surface area contributed by atoms with Crippen LogP contribution >= 0.6 is 0 Å². The topological polar surface area (TPSA) is 49.6 Å². The minimum absolute atomic E-state index is 0.597. The van der Waals surface area contributed by atoms with Crippen LogP contribution in [0.1, 0.15) is 5.56 Å². The Morgan fingerprint density at radius 3 is 2.52 bits per heavy atom. The molecule has 0 aliphatic heterocycles. The molecule has 0 radical (unpaired) electrons. The number of rotatable bonds is 5. The van der Waals surface area contributed by atoms with Gasteiger partial charge >= 0.3 is 0 Å². The van der Waals surface area contributed by atoms with Crippen molar-refractivity contribution >= 4 is 17.3 Å². The van der Waals surface area contributed by atoms with Crippen LogP contribution in [-0.4, -0.2) is 40.7 Å². The van der Waals surface area contributed by atoms with Gasteiger partial charge in [0.15, 0.2) is 0 Å². The van der Waals surface area contributed by atoms with Crippen LogP contribution in [0.4, 0.5) is 11.5 Å². The van der Waals surface area contributed by atoms with Crippen LogP contribution in [-0.2, 0) is 6.54 Å². The zero-order chi connectivity index (χ0) is 18.8. The summed E-state index contributed by atoms with van der Waals surface area (Å²) in [5, 5.41) is 4.36. The van der Waals surface area contributed by atoms with Crippen molar-refractivity contribution in [2.24, 2.45) is 0 Å². The van der Waals surface area contributed by atoms with Crippen molar-refractivity contribution in [2.45, 2.75) is 6.54 Å². The van der Waals surface area contributed by atoms with Gasteiger partial charge in [-0.05, 0) is 17.7 Å². The maximum atomic E-state index is 4.65. The van der Waals surface area contributed by atoms with E-state index in [0.717, 1.165) is 23.6 Å². The standard InChI is InChI=1S/C21H22N6/c1-25(2)18-11-7-8-16(12-18)14-26(3)20-13-19(17-9-5-4-6-10-17)24-21-22-15-23-27(20)21/h4-13,15H,14H2,1-3H3. The molecule has 0 aliphatic rings. The van der Waals surface area contributed by atoms with E-state index >= 15 is 0 Å². The molecule has 0 amide bonds. The van der Waals surface area contributed by atoms with Gasteiger partial charge in [-0.3, -0.25) is 0 Å². The van der Waals surface area contributed by atoms with Crippen LogP contribution in [0.25, 0.3) is 17.0 Å². The molecule has 6 nitrogen and oxygen atoms in total. The van der Waals surface area contributed by atoms with Crippen molar-refractivity contribution < 1.29 is 0 Å². The largest absolute Gasteiger partial charge is 0.378 e. The van der Waals surface area contributed by atoms with Crippen LogP contribution < -0.4 is 9.80 Å². The van der Waals surface area contributed by atoms with E-state index in [2.05, 4.69) is 88.5 Å². The zero-order valence-corrected chi connectivity index (χ0v) is 15.7. The Hall–Kier alpha value is -3.41. The van der Waals surface area contributed by atoms with Gasteiger partial charge in [0.05, 0.1) is 5.69 Å². The number of anilines is 2. The van der Waals surface area contributed by atoms with Gasteiger partial charge in [-0.2, -0.15) is 14.6 Å². The minimum atomic E-state index is 0.597. The van der Waals surface area contributed by atoms with Gasteiger partial charge in [-0.15, -0.1) is 0 Å². The molecule has 2 aromatic carbocycles. The molecule has 0 aliphatic carbocycles. The first kappa shape index (κ1) is 17.0. The van der Waals surface area contributed by atoms with Crippen LogP contribution in [0.2, 0.25) is 0 Å². The molecule has 0 atom stereocenters. The van der Waals surface area contributed by atoms with Gasteiger partial charge in [0.1, 0.15) is 12.1 Å². The summed E-state index contributed by atoms with van der Waals surface area (Å²) in [5.74, 6) is 1.55. The molecule has 4 aromatic rings. The van der Waals surface area contributed by atoms with Gasteiger partial charge in [0, 0.05) is 45.0 Å². The van der Waals surface area contributed by atoms with E-state index in [1.165, 1.54) is 11.3 Å². The predicted octanol–water partition coefficient (Wildman–Crippen LogP) is 3.49. The Balaban J connectivity index is 1.72. The quantitative estimate of drug-likeness (QED) is 0.547. The third-order valence-electron chi connectivity index (χ3n) is 4.54. The number of benzene rings is 2. The highest BCUT2D eigenvalue weighted by molar-refractivity contribution is 5.65. The Bertz CT molecular complexity index is 1050. The van der Waals surface area contributed by atoms with Crippen molar-refractivity contribution in [3.63, 3.8) is 0 Å². The van der Waals surface area contributed by atoms with Gasteiger partial charge in [0.25, 0.3) is 5.78 Å². The predicted molar refractivity (Wildman–Crippen MR) is 109 cm³/mol. The minimum Gasteiger partial charge on any atom is -0.378 e. The second-order valence-corrected chi connectivity index (χ2v) is 6.76. The first-order chi connectivity index (χ1) is 13.1. The van der Waals surface area contributed by atoms with E-state index in [0.29, 0.717) is 5.78 Å². The highest BCUT2D eigenvalue weighted by atomic mass is 15.4. The Labute approximate surface area is 158 Å². The molecule has 0 saturated heterocycles. The average Bonchev–Trinajstić information content (AvgIpc) is 3.16. The van der Waals surface area contributed by atoms with Crippen LogP contribution in [0.5, 0.6) is 0 Å². The average molecular weight is 358 g/mol. The molecule has 6 heteroatoms. The Morgan fingerprint density at radius 1 is 0.926 bits per heavy atom. The summed E-state index contributed by atoms with van der Waals surface area (Å²) in [7, 11) is 6.17. The number of hydrogen-bond donors (Lipinski definition) is 0. The Kier molecular flexibility index (Phi) is 4.46. The van der Waals surface area contributed by atoms with Gasteiger partial charge in [-0.25, -0.2) is 4.98 Å². The molecule has 136 valence electrons. The number of nitrogens with zero attached hydrogens (tertiary/aromatic N) is 6. The SMILES string of the molecule is CN(C)c1cccc(CN(C)c2cc(-c3ccccc3)nc3ncnn23)c1. The second-order valence-electron chi connectivity index (χ2n) is 6.76. The third kappa shape index (κ3) is 3.46. The van der Waals surface area contributed by atoms with Crippen molar-refractivity contribution in [3.8, 4) is 11.3 Å². The number of hydrogen-bond acceptors (Lipinski definition) is 5. The molecule has 2 heterocycles. The molecule has 4 rings (SSSR count). The van der Waals surface area contributed by atoms with Gasteiger partial charge < -0.3 is 9.80 Å². The smallest absolute Gasteiger partial charge is 0.254 e. The fourth-order valence-electron chi connectivity index (χ4n) is 3.11. The molecule has 2 aromatic heterocycles. The highest BCUT2D eigenvalue weighted by Gasteiger charge is 2.13. The molecule has 0 N–H and O–H groups in total. The van der Waals surface area contributed by atoms with Crippen molar-refractivity contribution in [3.05, 3.63) is 72.6 Å². The van der Waals surface area contributed by atoms with Crippen LogP contribution in [0.15, 0.2) is 67.0 Å². The fourth-order valence-corrected chi connectivity index (χ4v) is 3.11. The number of aromatic nitrogens is 4. The summed E-state index contributed by atoms with van der Waals surface area (Å²) in [6, 6.07) is 20.7. The second kappa shape index (κ2) is 7.07. The monoisotopic (exact) mass is 358 g/mol. The lowest BCUT2D eigenvalue weighted by atomic mass is 10.1. The molecule has 0 saturated carbocycles. The molecular weight excluding hydrogens is 336 g/mol. The summed E-state index contributed by atoms with van der Waals surface area (Å²) in [5.41, 5.74) is 4.37. The van der Waals surface area contributed by atoms with Crippen LogP contribution in [0, 0.1) is 0 Å². The Morgan fingerprint density at radius 2 is 1.74 bits per heavy atom. The first-order valence-corrected chi connectivity index (χ1v) is 8.85. The molecule has 0 fully saturated rings. The molecule has 27 heavy (non-hydrogen) atoms. The first-order valence-electron chi connectivity index (χ1n) is 8.85. The molecular formula is C21H22N6. The van der Waals surface area contributed by atoms with Gasteiger partial charge in [-0.1, -0.05) is 42.5 Å². The summed E-state index contributed by atoms with van der Waals surface area (Å²) in [6.07, 6.45) is 1.54. The van der Waals surface area contributed by atoms with Crippen molar-refractivity contribution in [1.82, 2.24) is 19.6 Å². The maximum absolute atomic E-state index is 4.65. The number of fused-ring (bicyclic) bond motifs is 1. The summed E-state index contributed by atoms with van der Waals surface area (Å²) in [6.45, 7) is 0.759. The van der Waals surface area contributed by atoms with E-state index in [-0.39, 0.29) is 0 Å². The summed E-state index contributed by atoms with van der Waals surface area (Å²) in [4.78, 5) is 13.2. The van der Waals surface area contributed by atoms with Crippen molar-refractivity contribution in [2.75, 3.05) is 30.9 Å². The summed E-state index contributed by atoms with van der Waals surface area (Å²) >= 11 is 0. The normalized spacial score (nSPS) is 10.9. The van der Waals surface area contributed by atoms with E-state index in [1.54, 1.807) is 10.8 Å². The lowest BCUT2D eigenvalue weighted by molar-refractivity contribution is 0.832. The van der Waals surface area contributed by atoms with E-state index < -0.39 is 0 Å². The van der Waals surface area contributed by atoms with Crippen molar-refractivity contribution in [1.29, 1.82) is 0 Å². The van der Waals surface area contributed by atoms with Crippen LogP contribution in [0.3, 0.4) is 0 Å². The van der Waals surface area contributed by atoms with E-state index in [1.807, 2.05) is 18.2 Å². The maximum Gasteiger partial charge on any atom is 0.254 e. The van der Waals surface area contributed by atoms with Gasteiger partial charge in [0.2, 0.25) is 0 Å². The summed E-state index contributed by atoms with van der Waals surface area (Å²) < 4.78 is 1.78. The highest BCUT2D eigenvalue weighted by Crippen LogP contribution is 2.24. The molecule has 0 unspecified atom stereocenters. The fraction of sp³-hybridized carbons (Fsp3) is 0.190. The molecule has 0 bridgehead atoms. The molecule has 0 spiro atoms.